The quantitative estimate of drug-likeness (QED) is 0.577. The Morgan fingerprint density at radius 2 is 1.83 bits per heavy atom. The van der Waals surface area contributed by atoms with E-state index >= 15 is 0 Å². The molecule has 0 aliphatic carbocycles. The van der Waals surface area contributed by atoms with E-state index in [9.17, 15) is 4.21 Å². The number of rotatable bonds is 2. The summed E-state index contributed by atoms with van der Waals surface area (Å²) >= 11 is -1.89. The SMILES string of the molecule is COc1ccc(S(=O)O)cc1.[KH]. The average molecular weight is 212 g/mol. The van der Waals surface area contributed by atoms with Gasteiger partial charge in [-0.1, -0.05) is 0 Å². The first-order chi connectivity index (χ1) is 5.24. The molecule has 1 rings (SSSR count). The fourth-order valence-corrected chi connectivity index (χ4v) is 1.06. The van der Waals surface area contributed by atoms with E-state index in [4.69, 9.17) is 9.29 Å². The van der Waals surface area contributed by atoms with Crippen molar-refractivity contribution in [3.05, 3.63) is 24.3 Å². The van der Waals surface area contributed by atoms with Gasteiger partial charge in [-0.15, -0.1) is 0 Å². The first kappa shape index (κ1) is 12.8. The van der Waals surface area contributed by atoms with Crippen LogP contribution in [0, 0.1) is 0 Å². The Morgan fingerprint density at radius 3 is 2.17 bits per heavy atom. The molecule has 1 atom stereocenters. The molecule has 0 aliphatic heterocycles. The number of methoxy groups -OCH3 is 1. The number of hydrogen-bond donors (Lipinski definition) is 1. The summed E-state index contributed by atoms with van der Waals surface area (Å²) in [7, 11) is 1.55. The summed E-state index contributed by atoms with van der Waals surface area (Å²) in [5.74, 6) is 0.680. The summed E-state index contributed by atoms with van der Waals surface area (Å²) in [4.78, 5) is 0.380. The summed E-state index contributed by atoms with van der Waals surface area (Å²) in [6, 6.07) is 6.39. The molecular formula is C7H9KO3S. The third-order valence-electron chi connectivity index (χ3n) is 1.26. The third kappa shape index (κ3) is 3.65. The van der Waals surface area contributed by atoms with Gasteiger partial charge < -0.3 is 9.29 Å². The number of ether oxygens (including phenoxy) is 1. The van der Waals surface area contributed by atoms with Crippen LogP contribution >= 0.6 is 0 Å². The summed E-state index contributed by atoms with van der Waals surface area (Å²) in [6.45, 7) is 0. The molecular weight excluding hydrogens is 203 g/mol. The van der Waals surface area contributed by atoms with E-state index < -0.39 is 11.1 Å². The van der Waals surface area contributed by atoms with Crippen LogP contribution in [0.3, 0.4) is 0 Å². The monoisotopic (exact) mass is 212 g/mol. The maximum atomic E-state index is 10.5. The third-order valence-corrected chi connectivity index (χ3v) is 1.94. The van der Waals surface area contributed by atoms with Crippen LogP contribution in [0.2, 0.25) is 0 Å². The summed E-state index contributed by atoms with van der Waals surface area (Å²) in [5.41, 5.74) is 0. The molecule has 12 heavy (non-hydrogen) atoms. The van der Waals surface area contributed by atoms with Crippen LogP contribution in [-0.4, -0.2) is 67.3 Å². The molecule has 0 aliphatic rings. The van der Waals surface area contributed by atoms with Crippen molar-refractivity contribution in [3.8, 4) is 5.75 Å². The Morgan fingerprint density at radius 1 is 1.33 bits per heavy atom. The second-order valence-electron chi connectivity index (χ2n) is 1.92. The topological polar surface area (TPSA) is 46.5 Å². The van der Waals surface area contributed by atoms with Gasteiger partial charge in [-0.2, -0.15) is 0 Å². The maximum absolute atomic E-state index is 10.5. The summed E-state index contributed by atoms with van der Waals surface area (Å²) < 4.78 is 24.0. The van der Waals surface area contributed by atoms with Crippen LogP contribution in [0.5, 0.6) is 5.75 Å². The van der Waals surface area contributed by atoms with Crippen molar-refractivity contribution in [1.29, 1.82) is 0 Å². The molecule has 5 heteroatoms. The molecule has 1 unspecified atom stereocenters. The first-order valence-corrected chi connectivity index (χ1v) is 4.09. The molecule has 0 saturated heterocycles. The van der Waals surface area contributed by atoms with Gasteiger partial charge in [0.15, 0.2) is 11.1 Å². The Kier molecular flexibility index (Phi) is 6.65. The van der Waals surface area contributed by atoms with Crippen LogP contribution in [-0.2, 0) is 11.1 Å². The van der Waals surface area contributed by atoms with Crippen molar-refractivity contribution in [2.75, 3.05) is 7.11 Å². The van der Waals surface area contributed by atoms with Crippen molar-refractivity contribution in [2.45, 2.75) is 4.90 Å². The Balaban J connectivity index is 0.00000121. The van der Waals surface area contributed by atoms with Gasteiger partial charge >= 0.3 is 51.4 Å². The van der Waals surface area contributed by atoms with Gasteiger partial charge in [-0.05, 0) is 24.3 Å². The molecule has 1 N–H and O–H groups in total. The van der Waals surface area contributed by atoms with Crippen molar-refractivity contribution in [2.24, 2.45) is 0 Å². The molecule has 0 radical (unpaired) electrons. The van der Waals surface area contributed by atoms with Gasteiger partial charge in [0.25, 0.3) is 0 Å². The zero-order chi connectivity index (χ0) is 8.27. The molecule has 1 aromatic carbocycles. The van der Waals surface area contributed by atoms with Gasteiger partial charge in [-0.3, -0.25) is 0 Å². The number of benzene rings is 1. The van der Waals surface area contributed by atoms with Crippen LogP contribution in [0.15, 0.2) is 29.2 Å². The van der Waals surface area contributed by atoms with Gasteiger partial charge in [0.05, 0.1) is 12.0 Å². The minimum atomic E-state index is -1.89. The van der Waals surface area contributed by atoms with Crippen LogP contribution in [0.4, 0.5) is 0 Å². The predicted octanol–water partition coefficient (Wildman–Crippen LogP) is 0.627. The molecule has 0 spiro atoms. The molecule has 1 aromatic rings. The summed E-state index contributed by atoms with van der Waals surface area (Å²) in [6.07, 6.45) is 0. The number of hydrogen-bond acceptors (Lipinski definition) is 2. The Labute approximate surface area is 116 Å². The molecule has 3 nitrogen and oxygen atoms in total. The van der Waals surface area contributed by atoms with Gasteiger partial charge in [0.2, 0.25) is 0 Å². The molecule has 0 saturated carbocycles. The fourth-order valence-electron chi connectivity index (χ4n) is 0.692. The first-order valence-electron chi connectivity index (χ1n) is 2.99. The summed E-state index contributed by atoms with van der Waals surface area (Å²) in [5, 5.41) is 0. The van der Waals surface area contributed by atoms with Crippen LogP contribution < -0.4 is 4.74 Å². The molecule has 0 amide bonds. The molecule has 62 valence electrons. The predicted molar refractivity (Wildman–Crippen MR) is 49.2 cm³/mol. The zero-order valence-electron chi connectivity index (χ0n) is 5.98. The fraction of sp³-hybridized carbons (Fsp3) is 0.143. The Bertz CT molecular complexity index is 260. The normalized spacial score (nSPS) is 11.5. The Hall–Kier alpha value is 0.766. The average Bonchev–Trinajstić information content (AvgIpc) is 2.05. The van der Waals surface area contributed by atoms with E-state index in [2.05, 4.69) is 0 Å². The van der Waals surface area contributed by atoms with E-state index in [0.29, 0.717) is 10.6 Å². The van der Waals surface area contributed by atoms with Crippen LogP contribution in [0.25, 0.3) is 0 Å². The second kappa shape index (κ2) is 6.26. The molecule has 0 aromatic heterocycles. The zero-order valence-corrected chi connectivity index (χ0v) is 6.80. The minimum absolute atomic E-state index is 0. The van der Waals surface area contributed by atoms with E-state index in [-0.39, 0.29) is 51.4 Å². The van der Waals surface area contributed by atoms with E-state index in [1.807, 2.05) is 0 Å². The molecule has 0 bridgehead atoms. The van der Waals surface area contributed by atoms with Gasteiger partial charge in [0.1, 0.15) is 5.75 Å². The van der Waals surface area contributed by atoms with Crippen molar-refractivity contribution in [3.63, 3.8) is 0 Å². The van der Waals surface area contributed by atoms with Crippen molar-refractivity contribution in [1.82, 2.24) is 0 Å². The van der Waals surface area contributed by atoms with Crippen molar-refractivity contribution < 1.29 is 13.5 Å². The van der Waals surface area contributed by atoms with Gasteiger partial charge in [-0.25, -0.2) is 4.21 Å². The van der Waals surface area contributed by atoms with E-state index in [1.54, 1.807) is 31.4 Å². The molecule has 0 heterocycles. The second-order valence-corrected chi connectivity index (χ2v) is 2.89. The van der Waals surface area contributed by atoms with E-state index in [0.717, 1.165) is 0 Å². The standard InChI is InChI=1S/C7H8O3S.K.H/c1-10-6-2-4-7(5-3-6)11(8)9;;/h2-5H,1H3,(H,8,9);;. The molecule has 0 fully saturated rings. The van der Waals surface area contributed by atoms with E-state index in [1.165, 1.54) is 0 Å². The van der Waals surface area contributed by atoms with Gasteiger partial charge in [0, 0.05) is 0 Å². The van der Waals surface area contributed by atoms with Crippen molar-refractivity contribution >= 4 is 62.5 Å². The van der Waals surface area contributed by atoms with Crippen LogP contribution in [0.1, 0.15) is 0 Å².